The molecule has 1 aromatic heterocycles. The van der Waals surface area contributed by atoms with E-state index in [4.69, 9.17) is 11.6 Å². The minimum absolute atomic E-state index is 0.229. The van der Waals surface area contributed by atoms with Crippen molar-refractivity contribution >= 4 is 38.9 Å². The second-order valence-electron chi connectivity index (χ2n) is 5.92. The predicted octanol–water partition coefficient (Wildman–Crippen LogP) is 7.37. The summed E-state index contributed by atoms with van der Waals surface area (Å²) in [6, 6.07) is 0. The van der Waals surface area contributed by atoms with Gasteiger partial charge in [0.2, 0.25) is 0 Å². The van der Waals surface area contributed by atoms with Crippen LogP contribution in [0, 0.1) is 0 Å². The summed E-state index contributed by atoms with van der Waals surface area (Å²) < 4.78 is 1.61. The first kappa shape index (κ1) is 18.4. The zero-order chi connectivity index (χ0) is 15.0. The van der Waals surface area contributed by atoms with Gasteiger partial charge < -0.3 is 0 Å². The molecule has 0 saturated heterocycles. The van der Waals surface area contributed by atoms with Gasteiger partial charge in [-0.3, -0.25) is 0 Å². The van der Waals surface area contributed by atoms with Crippen molar-refractivity contribution in [2.24, 2.45) is 0 Å². The molecular formula is C16H27BrClNS. The predicted molar refractivity (Wildman–Crippen MR) is 95.1 cm³/mol. The fourth-order valence-corrected chi connectivity index (χ4v) is 5.03. The van der Waals surface area contributed by atoms with Crippen LogP contribution in [-0.4, -0.2) is 4.98 Å². The smallest absolute Gasteiger partial charge is 0.184 e. The van der Waals surface area contributed by atoms with Crippen LogP contribution < -0.4 is 0 Å². The summed E-state index contributed by atoms with van der Waals surface area (Å²) >= 11 is 11.3. The molecule has 20 heavy (non-hydrogen) atoms. The molecule has 0 aromatic carbocycles. The van der Waals surface area contributed by atoms with Crippen LogP contribution in [0.2, 0.25) is 4.47 Å². The number of unbranched alkanes of at least 4 members (excludes halogenated alkanes) is 5. The highest BCUT2D eigenvalue weighted by atomic mass is 79.9. The van der Waals surface area contributed by atoms with Crippen LogP contribution in [0.3, 0.4) is 0 Å². The number of hydrogen-bond acceptors (Lipinski definition) is 2. The summed E-state index contributed by atoms with van der Waals surface area (Å²) in [7, 11) is 0. The van der Waals surface area contributed by atoms with E-state index in [0.29, 0.717) is 4.47 Å². The molecule has 0 aliphatic rings. The number of rotatable bonds is 10. The monoisotopic (exact) mass is 379 g/mol. The van der Waals surface area contributed by atoms with Gasteiger partial charge in [0.25, 0.3) is 0 Å². The molecule has 0 aliphatic carbocycles. The Labute approximate surface area is 141 Å². The van der Waals surface area contributed by atoms with E-state index >= 15 is 0 Å². The molecule has 1 nitrogen and oxygen atoms in total. The van der Waals surface area contributed by atoms with Gasteiger partial charge >= 0.3 is 0 Å². The molecule has 0 amide bonds. The molecule has 1 rings (SSSR count). The molecule has 1 heterocycles. The van der Waals surface area contributed by atoms with E-state index < -0.39 is 0 Å². The second-order valence-corrected chi connectivity index (χ2v) is 8.25. The molecule has 0 aliphatic heterocycles. The van der Waals surface area contributed by atoms with Gasteiger partial charge in [0.15, 0.2) is 4.47 Å². The van der Waals surface area contributed by atoms with Gasteiger partial charge in [-0.2, -0.15) is 0 Å². The van der Waals surface area contributed by atoms with E-state index in [1.165, 1.54) is 62.7 Å². The van der Waals surface area contributed by atoms with E-state index in [1.807, 2.05) is 0 Å². The zero-order valence-corrected chi connectivity index (χ0v) is 16.1. The first-order valence-electron chi connectivity index (χ1n) is 7.85. The van der Waals surface area contributed by atoms with Crippen molar-refractivity contribution in [2.45, 2.75) is 84.0 Å². The van der Waals surface area contributed by atoms with E-state index in [2.05, 4.69) is 41.7 Å². The van der Waals surface area contributed by atoms with Crippen molar-refractivity contribution in [1.82, 2.24) is 4.98 Å². The van der Waals surface area contributed by atoms with Crippen LogP contribution >= 0.6 is 38.9 Å². The van der Waals surface area contributed by atoms with Gasteiger partial charge in [-0.1, -0.05) is 77.3 Å². The molecule has 4 heteroatoms. The molecule has 0 N–H and O–H groups in total. The average Bonchev–Trinajstić information content (AvgIpc) is 2.75. The molecular weight excluding hydrogens is 354 g/mol. The van der Waals surface area contributed by atoms with Crippen molar-refractivity contribution in [1.29, 1.82) is 0 Å². The third-order valence-corrected chi connectivity index (χ3v) is 6.32. The molecule has 0 radical (unpaired) electrons. The van der Waals surface area contributed by atoms with Crippen LogP contribution in [0.4, 0.5) is 0 Å². The van der Waals surface area contributed by atoms with E-state index in [0.717, 1.165) is 4.60 Å². The average molecular weight is 381 g/mol. The Morgan fingerprint density at radius 1 is 1.05 bits per heavy atom. The van der Waals surface area contributed by atoms with Gasteiger partial charge in [-0.25, -0.2) is 4.98 Å². The minimum atomic E-state index is 0.229. The largest absolute Gasteiger partial charge is 0.218 e. The third-order valence-electron chi connectivity index (χ3n) is 4.02. The molecule has 1 unspecified atom stereocenters. The molecule has 0 saturated carbocycles. The lowest BCUT2D eigenvalue weighted by molar-refractivity contribution is 0.370. The highest BCUT2D eigenvalue weighted by Crippen LogP contribution is 2.43. The lowest BCUT2D eigenvalue weighted by Gasteiger charge is -2.29. The van der Waals surface area contributed by atoms with Gasteiger partial charge in [0.05, 0.1) is 0 Å². The number of nitrogens with zero attached hydrogens (tertiary/aromatic N) is 1. The highest BCUT2D eigenvalue weighted by Gasteiger charge is 2.30. The van der Waals surface area contributed by atoms with Crippen molar-refractivity contribution in [3.05, 3.63) is 13.9 Å². The van der Waals surface area contributed by atoms with Crippen LogP contribution in [0.15, 0.2) is 4.60 Å². The van der Waals surface area contributed by atoms with Crippen LogP contribution in [-0.2, 0) is 5.41 Å². The van der Waals surface area contributed by atoms with Gasteiger partial charge in [-0.15, -0.1) is 11.3 Å². The topological polar surface area (TPSA) is 12.9 Å². The normalized spacial score (nSPS) is 14.4. The Morgan fingerprint density at radius 3 is 2.10 bits per heavy atom. The minimum Gasteiger partial charge on any atom is -0.218 e. The van der Waals surface area contributed by atoms with E-state index in [1.54, 1.807) is 11.3 Å². The van der Waals surface area contributed by atoms with Crippen LogP contribution in [0.1, 0.15) is 83.4 Å². The Kier molecular flexibility index (Phi) is 8.69. The molecule has 0 fully saturated rings. The summed E-state index contributed by atoms with van der Waals surface area (Å²) in [6.07, 6.45) is 11.6. The summed E-state index contributed by atoms with van der Waals surface area (Å²) in [5.74, 6) is 0. The lowest BCUT2D eigenvalue weighted by atomic mass is 9.79. The van der Waals surface area contributed by atoms with Gasteiger partial charge in [0.1, 0.15) is 4.60 Å². The number of halogens is 2. The standard InChI is InChI=1S/C16H27BrClNS/c1-4-6-8-10-12-16(3,11-9-7-5-2)13-14(17)19-15(18)20-13/h4-12H2,1-3H3. The second kappa shape index (κ2) is 9.42. The van der Waals surface area contributed by atoms with Gasteiger partial charge in [-0.05, 0) is 28.8 Å². The van der Waals surface area contributed by atoms with Crippen LogP contribution in [0.5, 0.6) is 0 Å². The number of aromatic nitrogens is 1. The summed E-state index contributed by atoms with van der Waals surface area (Å²) in [5, 5.41) is 0. The summed E-state index contributed by atoms with van der Waals surface area (Å²) in [4.78, 5) is 5.69. The summed E-state index contributed by atoms with van der Waals surface area (Å²) in [5.41, 5.74) is 0.229. The zero-order valence-electron chi connectivity index (χ0n) is 13.0. The summed E-state index contributed by atoms with van der Waals surface area (Å²) in [6.45, 7) is 6.92. The number of thiazole rings is 1. The fraction of sp³-hybridized carbons (Fsp3) is 0.812. The third kappa shape index (κ3) is 5.65. The Morgan fingerprint density at radius 2 is 1.60 bits per heavy atom. The molecule has 0 spiro atoms. The maximum atomic E-state index is 6.09. The Balaban J connectivity index is 2.74. The fourth-order valence-electron chi connectivity index (χ4n) is 2.71. The van der Waals surface area contributed by atoms with Crippen molar-refractivity contribution in [3.8, 4) is 0 Å². The van der Waals surface area contributed by atoms with Crippen LogP contribution in [0.25, 0.3) is 0 Å². The first-order chi connectivity index (χ1) is 9.53. The molecule has 1 atom stereocenters. The SMILES string of the molecule is CCCCCCC(C)(CCCCC)c1sc(Cl)nc1Br. The van der Waals surface area contributed by atoms with Gasteiger partial charge in [0, 0.05) is 10.3 Å². The highest BCUT2D eigenvalue weighted by molar-refractivity contribution is 9.10. The van der Waals surface area contributed by atoms with Crippen molar-refractivity contribution < 1.29 is 0 Å². The maximum absolute atomic E-state index is 6.09. The molecule has 1 aromatic rings. The van der Waals surface area contributed by atoms with E-state index in [-0.39, 0.29) is 5.41 Å². The Bertz CT molecular complexity index is 394. The maximum Gasteiger partial charge on any atom is 0.184 e. The Hall–Kier alpha value is 0.400. The molecule has 116 valence electrons. The lowest BCUT2D eigenvalue weighted by Crippen LogP contribution is -2.21. The van der Waals surface area contributed by atoms with Crippen molar-refractivity contribution in [3.63, 3.8) is 0 Å². The molecule has 0 bridgehead atoms. The number of hydrogen-bond donors (Lipinski definition) is 0. The quantitative estimate of drug-likeness (QED) is 0.386. The van der Waals surface area contributed by atoms with Crippen molar-refractivity contribution in [2.75, 3.05) is 0 Å². The first-order valence-corrected chi connectivity index (χ1v) is 9.84. The van der Waals surface area contributed by atoms with E-state index in [9.17, 15) is 0 Å².